The summed E-state index contributed by atoms with van der Waals surface area (Å²) in [5, 5.41) is 9.07. The van der Waals surface area contributed by atoms with Crippen molar-refractivity contribution in [1.29, 1.82) is 0 Å². The molecule has 0 saturated heterocycles. The zero-order chi connectivity index (χ0) is 23.4. The minimum atomic E-state index is -4.62. The minimum absolute atomic E-state index is 0.0352. The van der Waals surface area contributed by atoms with Crippen molar-refractivity contribution in [3.63, 3.8) is 0 Å². The number of ketones is 1. The first-order valence-corrected chi connectivity index (χ1v) is 13.5. The van der Waals surface area contributed by atoms with Crippen molar-refractivity contribution >= 4 is 16.2 Å². The molecule has 7 heteroatoms. The van der Waals surface area contributed by atoms with E-state index in [-0.39, 0.29) is 31.7 Å². The highest BCUT2D eigenvalue weighted by atomic mass is 32.3. The molecular formula is C24H46O6S. The number of hydrogen-bond donors (Lipinski definition) is 2. The zero-order valence-corrected chi connectivity index (χ0v) is 20.6. The topological polar surface area (TPSA) is 101 Å². The smallest absolute Gasteiger partial charge is 0.396 e. The lowest BCUT2D eigenvalue weighted by Crippen LogP contribution is -2.33. The maximum absolute atomic E-state index is 12.1. The number of carbonyl (C=O) groups excluding carboxylic acids is 1. The van der Waals surface area contributed by atoms with Gasteiger partial charge in [0.2, 0.25) is 0 Å². The first-order valence-electron chi connectivity index (χ1n) is 12.2. The molecule has 0 bridgehead atoms. The summed E-state index contributed by atoms with van der Waals surface area (Å²) in [7, 11) is -4.62. The number of aliphatic hydroxyl groups is 1. The Morgan fingerprint density at radius 3 is 1.87 bits per heavy atom. The number of unbranched alkanes of at least 4 members (excludes halogenated alkanes) is 11. The maximum atomic E-state index is 12.1. The van der Waals surface area contributed by atoms with Crippen LogP contribution in [-0.2, 0) is 19.4 Å². The second kappa shape index (κ2) is 18.8. The summed E-state index contributed by atoms with van der Waals surface area (Å²) in [5.74, 6) is 0.0562. The lowest BCUT2D eigenvalue weighted by atomic mass is 9.94. The van der Waals surface area contributed by atoms with Crippen LogP contribution in [0.1, 0.15) is 123 Å². The quantitative estimate of drug-likeness (QED) is 0.111. The summed E-state index contributed by atoms with van der Waals surface area (Å²) in [6, 6.07) is 0. The molecule has 0 aliphatic carbocycles. The summed E-state index contributed by atoms with van der Waals surface area (Å²) >= 11 is 0. The van der Waals surface area contributed by atoms with Gasteiger partial charge in [-0.25, -0.2) is 4.18 Å². The summed E-state index contributed by atoms with van der Waals surface area (Å²) in [5.41, 5.74) is -1.26. The molecule has 0 amide bonds. The maximum Gasteiger partial charge on any atom is 0.397 e. The van der Waals surface area contributed by atoms with Crippen LogP contribution in [0.4, 0.5) is 0 Å². The Kier molecular flexibility index (Phi) is 18.3. The van der Waals surface area contributed by atoms with Gasteiger partial charge in [0.1, 0.15) is 5.78 Å². The van der Waals surface area contributed by atoms with Crippen molar-refractivity contribution in [1.82, 2.24) is 0 Å². The predicted octanol–water partition coefficient (Wildman–Crippen LogP) is 6.33. The highest BCUT2D eigenvalue weighted by Gasteiger charge is 2.30. The van der Waals surface area contributed by atoms with E-state index in [1.807, 2.05) is 0 Å². The fraction of sp³-hybridized carbons (Fsp3) is 0.875. The molecule has 0 rings (SSSR count). The molecule has 0 radical (unpaired) electrons. The molecule has 0 aliphatic rings. The van der Waals surface area contributed by atoms with Crippen LogP contribution in [0.15, 0.2) is 12.2 Å². The van der Waals surface area contributed by atoms with Crippen LogP contribution in [0.2, 0.25) is 0 Å². The Morgan fingerprint density at radius 1 is 0.839 bits per heavy atom. The van der Waals surface area contributed by atoms with Gasteiger partial charge in [-0.15, -0.1) is 0 Å². The molecule has 0 saturated carbocycles. The second-order valence-corrected chi connectivity index (χ2v) is 9.83. The SMILES string of the molecule is CCCCCCCC/C=C\CCCCCCCC(=O)CCC(C)(CCO)OS(=O)(=O)O. The molecule has 6 nitrogen and oxygen atoms in total. The second-order valence-electron chi connectivity index (χ2n) is 8.81. The lowest BCUT2D eigenvalue weighted by molar-refractivity contribution is -0.120. The van der Waals surface area contributed by atoms with E-state index >= 15 is 0 Å². The number of allylic oxidation sites excluding steroid dienone is 2. The van der Waals surface area contributed by atoms with E-state index in [1.165, 1.54) is 64.7 Å². The third-order valence-corrected chi connectivity index (χ3v) is 6.21. The van der Waals surface area contributed by atoms with Crippen molar-refractivity contribution in [3.05, 3.63) is 12.2 Å². The standard InChI is InChI=1S/C24H46O6S/c1-3-4-5-6-7-8-9-10-11-12-13-14-15-16-17-18-23(26)19-20-24(2,21-22-25)30-31(27,28)29/h10-11,25H,3-9,12-22H2,1-2H3,(H,27,28,29)/b11-10-. The Morgan fingerprint density at radius 2 is 1.35 bits per heavy atom. The van der Waals surface area contributed by atoms with Crippen molar-refractivity contribution in [2.24, 2.45) is 0 Å². The van der Waals surface area contributed by atoms with Gasteiger partial charge in [0, 0.05) is 25.9 Å². The normalized spacial score (nSPS) is 14.2. The van der Waals surface area contributed by atoms with Gasteiger partial charge in [-0.1, -0.05) is 70.4 Å². The Bertz CT molecular complexity index is 573. The molecule has 0 aliphatic heterocycles. The van der Waals surface area contributed by atoms with E-state index < -0.39 is 16.0 Å². The summed E-state index contributed by atoms with van der Waals surface area (Å²) in [4.78, 5) is 12.1. The highest BCUT2D eigenvalue weighted by Crippen LogP contribution is 2.24. The van der Waals surface area contributed by atoms with Crippen LogP contribution >= 0.6 is 0 Å². The van der Waals surface area contributed by atoms with Gasteiger partial charge in [0.05, 0.1) is 5.60 Å². The van der Waals surface area contributed by atoms with E-state index in [0.717, 1.165) is 25.7 Å². The average molecular weight is 463 g/mol. The van der Waals surface area contributed by atoms with E-state index in [4.69, 9.17) is 9.66 Å². The van der Waals surface area contributed by atoms with E-state index in [9.17, 15) is 13.2 Å². The summed E-state index contributed by atoms with van der Waals surface area (Å²) < 4.78 is 35.4. The van der Waals surface area contributed by atoms with Crippen molar-refractivity contribution in [2.75, 3.05) is 6.61 Å². The molecule has 0 spiro atoms. The number of rotatable bonds is 22. The largest absolute Gasteiger partial charge is 0.397 e. The van der Waals surface area contributed by atoms with Gasteiger partial charge >= 0.3 is 10.4 Å². The van der Waals surface area contributed by atoms with E-state index in [0.29, 0.717) is 6.42 Å². The molecule has 0 heterocycles. The van der Waals surface area contributed by atoms with Gasteiger partial charge < -0.3 is 5.11 Å². The van der Waals surface area contributed by atoms with Gasteiger partial charge in [-0.3, -0.25) is 9.35 Å². The predicted molar refractivity (Wildman–Crippen MR) is 126 cm³/mol. The molecule has 31 heavy (non-hydrogen) atoms. The Hall–Kier alpha value is -0.760. The summed E-state index contributed by atoms with van der Waals surface area (Å²) in [6.07, 6.45) is 21.1. The van der Waals surface area contributed by atoms with E-state index in [1.54, 1.807) is 0 Å². The van der Waals surface area contributed by atoms with Crippen LogP contribution < -0.4 is 0 Å². The van der Waals surface area contributed by atoms with Crippen LogP contribution in [-0.4, -0.2) is 36.1 Å². The van der Waals surface area contributed by atoms with Crippen LogP contribution in [0.5, 0.6) is 0 Å². The third-order valence-electron chi connectivity index (χ3n) is 5.60. The summed E-state index contributed by atoms with van der Waals surface area (Å²) in [6.45, 7) is 3.44. The Labute approximate surface area is 190 Å². The van der Waals surface area contributed by atoms with Crippen molar-refractivity contribution in [3.8, 4) is 0 Å². The molecular weight excluding hydrogens is 416 g/mol. The van der Waals surface area contributed by atoms with Gasteiger partial charge in [-0.05, 0) is 45.4 Å². The number of Topliss-reactive ketones (excluding diaryl/α,β-unsaturated/α-hetero) is 1. The van der Waals surface area contributed by atoms with Crippen LogP contribution in [0.25, 0.3) is 0 Å². The van der Waals surface area contributed by atoms with Crippen LogP contribution in [0, 0.1) is 0 Å². The van der Waals surface area contributed by atoms with Gasteiger partial charge in [-0.2, -0.15) is 8.42 Å². The monoisotopic (exact) mass is 462 g/mol. The van der Waals surface area contributed by atoms with Crippen molar-refractivity contribution in [2.45, 2.75) is 129 Å². The van der Waals surface area contributed by atoms with Gasteiger partial charge in [0.15, 0.2) is 0 Å². The molecule has 1 atom stereocenters. The van der Waals surface area contributed by atoms with Crippen LogP contribution in [0.3, 0.4) is 0 Å². The Balaban J connectivity index is 3.68. The zero-order valence-electron chi connectivity index (χ0n) is 19.8. The molecule has 0 fully saturated rings. The van der Waals surface area contributed by atoms with Gasteiger partial charge in [0.25, 0.3) is 0 Å². The molecule has 1 unspecified atom stereocenters. The van der Waals surface area contributed by atoms with E-state index in [2.05, 4.69) is 23.3 Å². The third kappa shape index (κ3) is 20.9. The fourth-order valence-electron chi connectivity index (χ4n) is 3.62. The average Bonchev–Trinajstić information content (AvgIpc) is 2.68. The molecule has 2 N–H and O–H groups in total. The minimum Gasteiger partial charge on any atom is -0.396 e. The molecule has 0 aromatic carbocycles. The first kappa shape index (κ1) is 30.2. The lowest BCUT2D eigenvalue weighted by Gasteiger charge is -2.26. The number of aliphatic hydroxyl groups excluding tert-OH is 1. The molecule has 184 valence electrons. The number of carbonyl (C=O) groups is 1. The molecule has 0 aromatic heterocycles. The molecule has 0 aromatic rings. The number of hydrogen-bond acceptors (Lipinski definition) is 5. The highest BCUT2D eigenvalue weighted by molar-refractivity contribution is 7.80. The fourth-order valence-corrected chi connectivity index (χ4v) is 4.30. The van der Waals surface area contributed by atoms with Crippen molar-refractivity contribution < 1.29 is 27.1 Å². The first-order chi connectivity index (χ1) is 14.7.